The molecule has 0 amide bonds. The van der Waals surface area contributed by atoms with E-state index in [-0.39, 0.29) is 29.7 Å². The fourth-order valence-corrected chi connectivity index (χ4v) is 2.01. The molecule has 0 unspecified atom stereocenters. The molecule has 0 heterocycles. The lowest BCUT2D eigenvalue weighted by Crippen LogP contribution is -2.11. The van der Waals surface area contributed by atoms with Crippen molar-refractivity contribution < 1.29 is 26.3 Å². The zero-order valence-electron chi connectivity index (χ0n) is 9.20. The van der Waals surface area contributed by atoms with Crippen molar-refractivity contribution in [2.45, 2.75) is 11.7 Å². The van der Waals surface area contributed by atoms with E-state index in [0.29, 0.717) is 4.47 Å². The lowest BCUT2D eigenvalue weighted by atomic mass is 10.2. The number of nitrogens with one attached hydrogen (secondary N) is 1. The topological polar surface area (TPSA) is 12.0 Å². The molecule has 0 bridgehead atoms. The second kappa shape index (κ2) is 6.25. The Bertz CT molecular complexity index is 431. The summed E-state index contributed by atoms with van der Waals surface area (Å²) in [6.07, 6.45) is -4.49. The molecule has 9 heteroatoms. The molecular formula is C10H8BrF6NS. The first-order valence-electron chi connectivity index (χ1n) is 4.91. The predicted molar refractivity (Wildman–Crippen MR) is 66.1 cm³/mol. The van der Waals surface area contributed by atoms with Crippen LogP contribution in [0.25, 0.3) is 0 Å². The normalized spacial score (nSPS) is 12.6. The van der Waals surface area contributed by atoms with E-state index in [0.717, 1.165) is 12.1 Å². The van der Waals surface area contributed by atoms with Gasteiger partial charge in [0.2, 0.25) is 0 Å². The fraction of sp³-hybridized carbons (Fsp3) is 0.400. The highest BCUT2D eigenvalue weighted by Crippen LogP contribution is 2.34. The average Bonchev–Trinajstić information content (AvgIpc) is 2.23. The Morgan fingerprint density at radius 1 is 1.11 bits per heavy atom. The molecule has 19 heavy (non-hydrogen) atoms. The molecule has 1 nitrogen and oxygen atoms in total. The highest BCUT2D eigenvalue weighted by Gasteiger charge is 2.31. The van der Waals surface area contributed by atoms with Crippen LogP contribution in [0.1, 0.15) is 5.56 Å². The molecule has 0 aliphatic heterocycles. The SMILES string of the molecule is FC(F)(F)SCCNc1cc(C(F)(F)F)ccc1Br. The van der Waals surface area contributed by atoms with E-state index >= 15 is 0 Å². The van der Waals surface area contributed by atoms with E-state index in [1.54, 1.807) is 0 Å². The minimum absolute atomic E-state index is 0.0932. The number of hydrogen-bond acceptors (Lipinski definition) is 2. The summed E-state index contributed by atoms with van der Waals surface area (Å²) in [5, 5.41) is 2.53. The molecule has 0 saturated heterocycles. The van der Waals surface area contributed by atoms with Crippen LogP contribution in [0.3, 0.4) is 0 Å². The lowest BCUT2D eigenvalue weighted by molar-refractivity contribution is -0.137. The minimum Gasteiger partial charge on any atom is -0.383 e. The highest BCUT2D eigenvalue weighted by molar-refractivity contribution is 9.10. The van der Waals surface area contributed by atoms with Crippen LogP contribution in [0.15, 0.2) is 22.7 Å². The van der Waals surface area contributed by atoms with Crippen molar-refractivity contribution in [1.29, 1.82) is 0 Å². The second-order valence-electron chi connectivity index (χ2n) is 3.41. The first-order chi connectivity index (χ1) is 8.59. The van der Waals surface area contributed by atoms with Crippen molar-refractivity contribution in [3.05, 3.63) is 28.2 Å². The van der Waals surface area contributed by atoms with Gasteiger partial charge >= 0.3 is 11.7 Å². The van der Waals surface area contributed by atoms with Crippen LogP contribution in [-0.4, -0.2) is 17.8 Å². The molecular weight excluding hydrogens is 360 g/mol. The van der Waals surface area contributed by atoms with E-state index in [1.807, 2.05) is 0 Å². The summed E-state index contributed by atoms with van der Waals surface area (Å²) >= 11 is 2.80. The van der Waals surface area contributed by atoms with E-state index in [1.165, 1.54) is 6.07 Å². The molecule has 1 aromatic carbocycles. The van der Waals surface area contributed by atoms with Crippen molar-refractivity contribution in [1.82, 2.24) is 0 Å². The summed E-state index contributed by atoms with van der Waals surface area (Å²) in [4.78, 5) is 0. The standard InChI is InChI=1S/C10H8BrF6NS/c11-7-2-1-6(9(12,13)14)5-8(7)18-3-4-19-10(15,16)17/h1-2,5,18H,3-4H2. The van der Waals surface area contributed by atoms with Gasteiger partial charge in [0.05, 0.1) is 5.56 Å². The number of hydrogen-bond donors (Lipinski definition) is 1. The first kappa shape index (κ1) is 16.5. The van der Waals surface area contributed by atoms with E-state index < -0.39 is 17.2 Å². The largest absolute Gasteiger partial charge is 0.441 e. The van der Waals surface area contributed by atoms with Crippen molar-refractivity contribution >= 4 is 33.4 Å². The van der Waals surface area contributed by atoms with Crippen LogP contribution < -0.4 is 5.32 Å². The molecule has 0 saturated carbocycles. The van der Waals surface area contributed by atoms with Gasteiger partial charge in [-0.15, -0.1) is 0 Å². The summed E-state index contributed by atoms with van der Waals surface area (Å²) < 4.78 is 73.3. The predicted octanol–water partition coefficient (Wildman–Crippen LogP) is 5.13. The molecule has 1 N–H and O–H groups in total. The van der Waals surface area contributed by atoms with Gasteiger partial charge in [-0.05, 0) is 45.9 Å². The van der Waals surface area contributed by atoms with Gasteiger partial charge < -0.3 is 5.32 Å². The quantitative estimate of drug-likeness (QED) is 0.584. The van der Waals surface area contributed by atoms with Gasteiger partial charge in [0, 0.05) is 22.5 Å². The average molecular weight is 368 g/mol. The second-order valence-corrected chi connectivity index (χ2v) is 5.43. The van der Waals surface area contributed by atoms with Crippen LogP contribution in [0.4, 0.5) is 32.0 Å². The molecule has 0 radical (unpaired) electrons. The van der Waals surface area contributed by atoms with E-state index in [2.05, 4.69) is 21.2 Å². The summed E-state index contributed by atoms with van der Waals surface area (Å²) in [6, 6.07) is 2.93. The van der Waals surface area contributed by atoms with Crippen LogP contribution in [0.5, 0.6) is 0 Å². The van der Waals surface area contributed by atoms with Gasteiger partial charge in [0.25, 0.3) is 0 Å². The first-order valence-corrected chi connectivity index (χ1v) is 6.69. The Kier molecular flexibility index (Phi) is 5.43. The molecule has 0 aliphatic carbocycles. The maximum absolute atomic E-state index is 12.4. The Hall–Kier alpha value is -0.570. The molecule has 0 atom stereocenters. The maximum Gasteiger partial charge on any atom is 0.441 e. The van der Waals surface area contributed by atoms with Crippen LogP contribution in [0, 0.1) is 0 Å². The number of anilines is 1. The third kappa shape index (κ3) is 5.94. The number of halogens is 7. The Labute approximate surface area is 117 Å². The smallest absolute Gasteiger partial charge is 0.383 e. The summed E-state index contributed by atoms with van der Waals surface area (Å²) in [7, 11) is 0. The Balaban J connectivity index is 2.63. The molecule has 0 spiro atoms. The molecule has 0 fully saturated rings. The van der Waals surface area contributed by atoms with Crippen LogP contribution in [-0.2, 0) is 6.18 Å². The van der Waals surface area contributed by atoms with Crippen molar-refractivity contribution in [2.24, 2.45) is 0 Å². The monoisotopic (exact) mass is 367 g/mol. The van der Waals surface area contributed by atoms with Gasteiger partial charge in [-0.1, -0.05) is 0 Å². The molecule has 1 aromatic rings. The zero-order chi connectivity index (χ0) is 14.7. The van der Waals surface area contributed by atoms with E-state index in [9.17, 15) is 26.3 Å². The van der Waals surface area contributed by atoms with Gasteiger partial charge in [0.15, 0.2) is 0 Å². The maximum atomic E-state index is 12.4. The van der Waals surface area contributed by atoms with Crippen molar-refractivity contribution in [3.8, 4) is 0 Å². The summed E-state index contributed by atoms with van der Waals surface area (Å²) in [5.74, 6) is -0.286. The minimum atomic E-state index is -4.49. The van der Waals surface area contributed by atoms with Gasteiger partial charge in [-0.2, -0.15) is 26.3 Å². The zero-order valence-corrected chi connectivity index (χ0v) is 11.6. The molecule has 0 aromatic heterocycles. The molecule has 0 aliphatic rings. The van der Waals surface area contributed by atoms with Crippen molar-refractivity contribution in [3.63, 3.8) is 0 Å². The third-order valence-corrected chi connectivity index (χ3v) is 3.40. The van der Waals surface area contributed by atoms with Crippen molar-refractivity contribution in [2.75, 3.05) is 17.6 Å². The fourth-order valence-electron chi connectivity index (χ4n) is 1.19. The number of thioether (sulfide) groups is 1. The number of alkyl halides is 6. The van der Waals surface area contributed by atoms with Gasteiger partial charge in [-0.25, -0.2) is 0 Å². The van der Waals surface area contributed by atoms with Crippen LogP contribution in [0.2, 0.25) is 0 Å². The third-order valence-electron chi connectivity index (χ3n) is 1.98. The van der Waals surface area contributed by atoms with Crippen LogP contribution >= 0.6 is 27.7 Å². The molecule has 108 valence electrons. The molecule has 1 rings (SSSR count). The highest BCUT2D eigenvalue weighted by atomic mass is 79.9. The summed E-state index contributed by atoms with van der Waals surface area (Å²) in [6.45, 7) is -0.0932. The van der Waals surface area contributed by atoms with E-state index in [4.69, 9.17) is 0 Å². The number of rotatable bonds is 4. The summed E-state index contributed by atoms with van der Waals surface area (Å²) in [5.41, 5.74) is -5.09. The van der Waals surface area contributed by atoms with Gasteiger partial charge in [-0.3, -0.25) is 0 Å². The Morgan fingerprint density at radius 3 is 2.26 bits per heavy atom. The lowest BCUT2D eigenvalue weighted by Gasteiger charge is -2.12. The Morgan fingerprint density at radius 2 is 1.74 bits per heavy atom. The number of benzene rings is 1. The van der Waals surface area contributed by atoms with Gasteiger partial charge in [0.1, 0.15) is 0 Å².